The highest BCUT2D eigenvalue weighted by Crippen LogP contribution is 2.26. The summed E-state index contributed by atoms with van der Waals surface area (Å²) in [5.74, 6) is 0.814. The van der Waals surface area contributed by atoms with Crippen LogP contribution in [0.5, 0.6) is 5.75 Å². The molecule has 4 nitrogen and oxygen atoms in total. The van der Waals surface area contributed by atoms with Crippen LogP contribution in [0.2, 0.25) is 0 Å². The minimum Gasteiger partial charge on any atom is -0.506 e. The Morgan fingerprint density at radius 1 is 1.44 bits per heavy atom. The molecule has 4 heteroatoms. The highest BCUT2D eigenvalue weighted by Gasteiger charge is 2.26. The van der Waals surface area contributed by atoms with Crippen molar-refractivity contribution in [3.63, 3.8) is 0 Å². The van der Waals surface area contributed by atoms with Crippen molar-refractivity contribution < 1.29 is 10.2 Å². The molecule has 0 amide bonds. The average molecular weight is 222 g/mol. The van der Waals surface area contributed by atoms with Crippen LogP contribution in [0.1, 0.15) is 24.2 Å². The van der Waals surface area contributed by atoms with Gasteiger partial charge in [-0.2, -0.15) is 0 Å². The van der Waals surface area contributed by atoms with Crippen LogP contribution >= 0.6 is 0 Å². The lowest BCUT2D eigenvalue weighted by Gasteiger charge is -2.31. The molecule has 1 aliphatic rings. The Kier molecular flexibility index (Phi) is 3.41. The lowest BCUT2D eigenvalue weighted by atomic mass is 9.82. The number of hydrogen-bond acceptors (Lipinski definition) is 4. The fourth-order valence-electron chi connectivity index (χ4n) is 2.00. The Labute approximate surface area is 95.3 Å². The number of aryl methyl sites for hydroxylation is 1. The number of hydrogen-bond donors (Lipinski definition) is 3. The summed E-state index contributed by atoms with van der Waals surface area (Å²) >= 11 is 0. The number of rotatable bonds is 4. The van der Waals surface area contributed by atoms with Crippen LogP contribution in [-0.2, 0) is 6.54 Å². The maximum atomic E-state index is 9.57. The van der Waals surface area contributed by atoms with Gasteiger partial charge in [0.1, 0.15) is 5.75 Å². The number of nitrogens with one attached hydrogen (secondary N) is 1. The number of nitrogens with zero attached hydrogens (tertiary/aromatic N) is 1. The molecule has 1 aromatic rings. The summed E-state index contributed by atoms with van der Waals surface area (Å²) in [5, 5.41) is 22.0. The van der Waals surface area contributed by atoms with Crippen molar-refractivity contribution in [2.24, 2.45) is 5.92 Å². The molecule has 1 heterocycles. The molecule has 0 aromatic carbocycles. The molecule has 1 saturated carbocycles. The number of pyridine rings is 1. The smallest absolute Gasteiger partial charge is 0.138 e. The van der Waals surface area contributed by atoms with Crippen molar-refractivity contribution in [2.45, 2.75) is 32.4 Å². The zero-order valence-corrected chi connectivity index (χ0v) is 9.48. The van der Waals surface area contributed by atoms with E-state index in [1.807, 2.05) is 6.92 Å². The van der Waals surface area contributed by atoms with Gasteiger partial charge in [-0.1, -0.05) is 0 Å². The van der Waals surface area contributed by atoms with Crippen LogP contribution in [0.25, 0.3) is 0 Å². The molecule has 0 spiro atoms. The first kappa shape index (κ1) is 11.4. The van der Waals surface area contributed by atoms with Gasteiger partial charge < -0.3 is 15.5 Å². The third-order valence-corrected chi connectivity index (χ3v) is 3.03. The summed E-state index contributed by atoms with van der Waals surface area (Å²) < 4.78 is 0. The van der Waals surface area contributed by atoms with Gasteiger partial charge in [-0.05, 0) is 44.4 Å². The molecule has 3 N–H and O–H groups in total. The predicted octanol–water partition coefficient (Wildman–Crippen LogP) is 0.956. The van der Waals surface area contributed by atoms with Gasteiger partial charge in [-0.3, -0.25) is 4.98 Å². The first-order chi connectivity index (χ1) is 7.65. The fourth-order valence-corrected chi connectivity index (χ4v) is 2.00. The van der Waals surface area contributed by atoms with Crippen LogP contribution < -0.4 is 5.32 Å². The highest BCUT2D eigenvalue weighted by atomic mass is 16.3. The molecular weight excluding hydrogens is 204 g/mol. The summed E-state index contributed by atoms with van der Waals surface area (Å²) in [7, 11) is 0. The Morgan fingerprint density at radius 2 is 2.19 bits per heavy atom. The molecule has 88 valence electrons. The number of aromatic nitrogens is 1. The second kappa shape index (κ2) is 4.80. The van der Waals surface area contributed by atoms with Crippen LogP contribution in [-0.4, -0.2) is 27.8 Å². The van der Waals surface area contributed by atoms with Crippen molar-refractivity contribution in [1.29, 1.82) is 0 Å². The van der Waals surface area contributed by atoms with Crippen molar-refractivity contribution >= 4 is 0 Å². The second-order valence-electron chi connectivity index (χ2n) is 4.54. The summed E-state index contributed by atoms with van der Waals surface area (Å²) in [6, 6.07) is 3.47. The molecule has 2 rings (SSSR count). The maximum Gasteiger partial charge on any atom is 0.138 e. The topological polar surface area (TPSA) is 65.4 Å². The van der Waals surface area contributed by atoms with Crippen molar-refractivity contribution in [1.82, 2.24) is 10.3 Å². The van der Waals surface area contributed by atoms with E-state index in [0.29, 0.717) is 18.2 Å². The summed E-state index contributed by atoms with van der Waals surface area (Å²) in [4.78, 5) is 4.27. The molecule has 1 fully saturated rings. The van der Waals surface area contributed by atoms with E-state index in [9.17, 15) is 5.11 Å². The van der Waals surface area contributed by atoms with Gasteiger partial charge in [0, 0.05) is 12.2 Å². The van der Waals surface area contributed by atoms with Gasteiger partial charge in [0.15, 0.2) is 0 Å². The predicted molar refractivity (Wildman–Crippen MR) is 61.1 cm³/mol. The second-order valence-corrected chi connectivity index (χ2v) is 4.54. The van der Waals surface area contributed by atoms with Gasteiger partial charge in [-0.15, -0.1) is 0 Å². The van der Waals surface area contributed by atoms with Crippen molar-refractivity contribution in [3.8, 4) is 5.75 Å². The standard InChI is InChI=1S/C12H18N2O2/c1-8-2-3-12(16)11(14-8)7-13-6-9-4-10(15)5-9/h2-3,9-10,13,15-16H,4-7H2,1H3. The van der Waals surface area contributed by atoms with Crippen LogP contribution in [0.3, 0.4) is 0 Å². The lowest BCUT2D eigenvalue weighted by molar-refractivity contribution is 0.0429. The lowest BCUT2D eigenvalue weighted by Crippen LogP contribution is -2.36. The first-order valence-electron chi connectivity index (χ1n) is 5.69. The largest absolute Gasteiger partial charge is 0.506 e. The zero-order valence-electron chi connectivity index (χ0n) is 9.48. The van der Waals surface area contributed by atoms with Crippen LogP contribution in [0, 0.1) is 12.8 Å². The fraction of sp³-hybridized carbons (Fsp3) is 0.583. The molecule has 0 atom stereocenters. The molecule has 1 aliphatic carbocycles. The number of aromatic hydroxyl groups is 1. The quantitative estimate of drug-likeness (QED) is 0.710. The Balaban J connectivity index is 1.78. The van der Waals surface area contributed by atoms with Crippen molar-refractivity contribution in [3.05, 3.63) is 23.5 Å². The summed E-state index contributed by atoms with van der Waals surface area (Å²) in [6.07, 6.45) is 1.68. The maximum absolute atomic E-state index is 9.57. The monoisotopic (exact) mass is 222 g/mol. The minimum atomic E-state index is -0.0997. The molecule has 0 radical (unpaired) electrons. The average Bonchev–Trinajstić information content (AvgIpc) is 2.20. The SMILES string of the molecule is Cc1ccc(O)c(CNCC2CC(O)C2)n1. The van der Waals surface area contributed by atoms with E-state index >= 15 is 0 Å². The molecule has 0 aliphatic heterocycles. The Hall–Kier alpha value is -1.13. The zero-order chi connectivity index (χ0) is 11.5. The number of aliphatic hydroxyl groups is 1. The third kappa shape index (κ3) is 2.71. The normalized spacial score (nSPS) is 24.1. The highest BCUT2D eigenvalue weighted by molar-refractivity contribution is 5.27. The van der Waals surface area contributed by atoms with Crippen molar-refractivity contribution in [2.75, 3.05) is 6.54 Å². The van der Waals surface area contributed by atoms with Gasteiger partial charge in [0.25, 0.3) is 0 Å². The molecule has 0 bridgehead atoms. The van der Waals surface area contributed by atoms with E-state index in [1.165, 1.54) is 0 Å². The molecular formula is C12H18N2O2. The number of aliphatic hydroxyl groups excluding tert-OH is 1. The van der Waals surface area contributed by atoms with Crippen LogP contribution in [0.4, 0.5) is 0 Å². The van der Waals surface area contributed by atoms with E-state index in [4.69, 9.17) is 5.11 Å². The summed E-state index contributed by atoms with van der Waals surface area (Å²) in [5.41, 5.74) is 1.61. The summed E-state index contributed by atoms with van der Waals surface area (Å²) in [6.45, 7) is 3.37. The Bertz CT molecular complexity index is 362. The van der Waals surface area contributed by atoms with E-state index in [1.54, 1.807) is 12.1 Å². The van der Waals surface area contributed by atoms with E-state index in [2.05, 4.69) is 10.3 Å². The minimum absolute atomic E-state index is 0.0997. The molecule has 0 unspecified atom stereocenters. The van der Waals surface area contributed by atoms with Gasteiger partial charge in [-0.25, -0.2) is 0 Å². The van der Waals surface area contributed by atoms with Gasteiger partial charge in [0.2, 0.25) is 0 Å². The first-order valence-corrected chi connectivity index (χ1v) is 5.69. The van der Waals surface area contributed by atoms with Gasteiger partial charge in [0.05, 0.1) is 11.8 Å². The third-order valence-electron chi connectivity index (χ3n) is 3.03. The molecule has 0 saturated heterocycles. The van der Waals surface area contributed by atoms with E-state index < -0.39 is 0 Å². The van der Waals surface area contributed by atoms with E-state index in [-0.39, 0.29) is 11.9 Å². The molecule has 1 aromatic heterocycles. The van der Waals surface area contributed by atoms with Crippen LogP contribution in [0.15, 0.2) is 12.1 Å². The molecule has 16 heavy (non-hydrogen) atoms. The van der Waals surface area contributed by atoms with Gasteiger partial charge >= 0.3 is 0 Å². The Morgan fingerprint density at radius 3 is 2.88 bits per heavy atom. The van der Waals surface area contributed by atoms with E-state index in [0.717, 1.165) is 25.1 Å².